The highest BCUT2D eigenvalue weighted by atomic mass is 32.1. The van der Waals surface area contributed by atoms with Crippen molar-refractivity contribution in [3.8, 4) is 80.5 Å². The number of benzene rings is 18. The van der Waals surface area contributed by atoms with Gasteiger partial charge in [0.05, 0.1) is 0 Å². The summed E-state index contributed by atoms with van der Waals surface area (Å²) in [5.74, 6) is 12.9. The predicted molar refractivity (Wildman–Crippen MR) is 618 cm³/mol. The van der Waals surface area contributed by atoms with Crippen molar-refractivity contribution < 1.29 is 33.2 Å². The summed E-state index contributed by atoms with van der Waals surface area (Å²) in [5, 5.41) is 2.62. The van der Waals surface area contributed by atoms with Crippen LogP contribution in [-0.4, -0.2) is 26.9 Å². The predicted octanol–water partition coefficient (Wildman–Crippen LogP) is 27.5. The molecule has 13 heteroatoms. The van der Waals surface area contributed by atoms with Crippen LogP contribution in [-0.2, 0) is 32.5 Å². The van der Waals surface area contributed by atoms with Gasteiger partial charge in [0.2, 0.25) is 0 Å². The number of ether oxygens (including phenoxy) is 7. The van der Waals surface area contributed by atoms with Crippen molar-refractivity contribution in [2.24, 2.45) is 0 Å². The van der Waals surface area contributed by atoms with E-state index in [9.17, 15) is 0 Å². The molecule has 1 aromatic heterocycles. The van der Waals surface area contributed by atoms with E-state index < -0.39 is 0 Å². The minimum atomic E-state index is -0.224. The number of fused-ring (bicyclic) bond motifs is 19. The molecule has 0 spiro atoms. The maximum atomic E-state index is 6.65. The lowest BCUT2D eigenvalue weighted by molar-refractivity contribution is 0.475. The van der Waals surface area contributed by atoms with Crippen molar-refractivity contribution in [1.29, 1.82) is 0 Å². The maximum Gasteiger partial charge on any atom is 0.251 e. The molecule has 0 aliphatic carbocycles. The van der Waals surface area contributed by atoms with E-state index in [1.54, 1.807) is 0 Å². The Bertz CT molecular complexity index is 8590. The van der Waals surface area contributed by atoms with Crippen molar-refractivity contribution in [1.82, 2.24) is 0 Å². The van der Waals surface area contributed by atoms with E-state index in [-0.39, 0.29) is 59.3 Å². The number of para-hydroxylation sites is 4. The summed E-state index contributed by atoms with van der Waals surface area (Å²) >= 11 is 1.86. The lowest BCUT2D eigenvalue weighted by Crippen LogP contribution is -2.63. The molecule has 147 heavy (non-hydrogen) atoms. The van der Waals surface area contributed by atoms with Crippen molar-refractivity contribution in [3.63, 3.8) is 0 Å². The van der Waals surface area contributed by atoms with Crippen LogP contribution in [0.5, 0.6) is 80.5 Å². The van der Waals surface area contributed by atoms with E-state index in [4.69, 9.17) is 33.2 Å². The molecule has 0 radical (unpaired) electrons. The number of hydrogen-bond donors (Lipinski definition) is 0. The molecule has 19 aromatic rings. The second kappa shape index (κ2) is 35.3. The Morgan fingerprint density at radius 1 is 0.245 bits per heavy atom. The molecule has 18 aromatic carbocycles. The van der Waals surface area contributed by atoms with Gasteiger partial charge in [-0.25, -0.2) is 0 Å². The summed E-state index contributed by atoms with van der Waals surface area (Å²) in [6, 6.07) is 128. The van der Waals surface area contributed by atoms with Gasteiger partial charge in [0, 0.05) is 58.9 Å². The zero-order valence-corrected chi connectivity index (χ0v) is 88.4. The Balaban J connectivity index is 0.000000106. The first-order valence-electron chi connectivity index (χ1n) is 51.9. The summed E-state index contributed by atoms with van der Waals surface area (Å²) in [6.07, 6.45) is 0. The molecule has 0 unspecified atom stereocenters. The number of anilines is 3. The molecule has 0 saturated carbocycles. The van der Waals surface area contributed by atoms with Gasteiger partial charge in [0.1, 0.15) is 80.5 Å². The first-order chi connectivity index (χ1) is 70.6. The largest absolute Gasteiger partial charge is 0.458 e. The zero-order chi connectivity index (χ0) is 102. The molecular formula is C134H119B4NO7S. The second-order valence-corrected chi connectivity index (χ2v) is 46.7. The Hall–Kier alpha value is -15.2. The number of nitrogens with zero attached hydrogens (tertiary/aromatic N) is 1. The molecule has 8 aliphatic heterocycles. The van der Waals surface area contributed by atoms with Crippen LogP contribution in [0.2, 0.25) is 0 Å². The monoisotopic (exact) mass is 1930 g/mol. The lowest BCUT2D eigenvalue weighted by atomic mass is 9.30. The standard InChI is InChI=1S/C41H32BNOS.C35H37BO2.2C29H25BO2/c1-25-14-19-35-34(22-25)42-33-18-16-29(24-32(33)41(3,4)39-26(2)15-20-36(44-35)40(39)42)43(27-10-6-5-7-11-27)28-17-21-38-31(23-28)30-12-8-9-13-37(30)45-38;1-33(2,3)22-14-18-29-28(20-22)36-27-17-15-24(37-23-12-10-9-11-13-23)21-26(27)35(7,8)31-25(34(4,5)6)16-19-30(38-29)32(31)36;1-18-10-14-25-24(16-18)30-23-13-12-21(31-20-8-6-5-7-9-20)17-22(23)29(3,4)27-19(2)11-15-26(32-25)28(27)30;1-18-10-14-25-24(16-18)30-23-17-21(31-20-8-6-5-7-9-20)12-13-22(23)29(3,4)27-19(2)11-15-26(32-25)28(27)30/h5-24H,1-4H3;9-21H,1-8H3;2*5-17H,1-4H3. The number of hydrogen-bond acceptors (Lipinski definition) is 9. The van der Waals surface area contributed by atoms with E-state index >= 15 is 0 Å². The van der Waals surface area contributed by atoms with Gasteiger partial charge in [-0.3, -0.25) is 0 Å². The van der Waals surface area contributed by atoms with Crippen molar-refractivity contribution in [2.75, 3.05) is 4.90 Å². The first-order valence-corrected chi connectivity index (χ1v) is 52.7. The smallest absolute Gasteiger partial charge is 0.251 e. The van der Waals surface area contributed by atoms with E-state index in [0.717, 1.165) is 91.9 Å². The third-order valence-electron chi connectivity index (χ3n) is 32.3. The van der Waals surface area contributed by atoms with Crippen LogP contribution in [0.1, 0.15) is 186 Å². The SMILES string of the molecule is CC(C)(C)c1ccc2c(c1)B1c3ccc(Oc4ccccc4)cc3C(C)(C)c3c(C(C)(C)C)ccc(c31)O2.Cc1ccc2c(c1)B1c3cc(Oc4ccccc4)ccc3C(C)(C)c3c(C)ccc(c31)O2.Cc1ccc2c(c1)B1c3ccc(N(c4ccccc4)c4ccc5sc6ccccc6c5c4)cc3C(C)(C)c3c(C)ccc(c31)O2.Cc1ccc2c(c1)B1c3ccc(Oc4ccccc4)cc3C(C)(C)c3c(C)ccc(c31)O2. The topological polar surface area (TPSA) is 67.9 Å². The lowest BCUT2D eigenvalue weighted by Gasteiger charge is -2.44. The van der Waals surface area contributed by atoms with Crippen LogP contribution >= 0.6 is 11.3 Å². The van der Waals surface area contributed by atoms with Crippen molar-refractivity contribution >= 4 is 141 Å². The van der Waals surface area contributed by atoms with Crippen LogP contribution in [0.15, 0.2) is 358 Å². The number of rotatable bonds is 9. The highest BCUT2D eigenvalue weighted by Gasteiger charge is 2.52. The Kier molecular flexibility index (Phi) is 22.6. The summed E-state index contributed by atoms with van der Waals surface area (Å²) < 4.78 is 47.5. The zero-order valence-electron chi connectivity index (χ0n) is 87.6. The van der Waals surface area contributed by atoms with Gasteiger partial charge in [-0.05, 0) is 338 Å². The molecule has 0 atom stereocenters. The van der Waals surface area contributed by atoms with Gasteiger partial charge in [0.15, 0.2) is 0 Å². The molecule has 27 rings (SSSR count). The van der Waals surface area contributed by atoms with Crippen LogP contribution in [0.4, 0.5) is 17.1 Å². The fourth-order valence-electron chi connectivity index (χ4n) is 25.7. The molecule has 0 saturated heterocycles. The molecule has 0 N–H and O–H groups in total. The van der Waals surface area contributed by atoms with Gasteiger partial charge < -0.3 is 38.1 Å². The van der Waals surface area contributed by atoms with Crippen LogP contribution < -0.4 is 104 Å². The highest BCUT2D eigenvalue weighted by Crippen LogP contribution is 2.51. The Morgan fingerprint density at radius 2 is 0.592 bits per heavy atom. The average molecular weight is 1930 g/mol. The summed E-state index contributed by atoms with van der Waals surface area (Å²) in [5.41, 5.74) is 39.7. The number of aryl methyl sites for hydroxylation is 6. The van der Waals surface area contributed by atoms with Crippen molar-refractivity contribution in [2.45, 2.75) is 171 Å². The summed E-state index contributed by atoms with van der Waals surface area (Å²) in [6.45, 7) is 46.3. The molecule has 8 nitrogen and oxygen atoms in total. The third kappa shape index (κ3) is 16.0. The van der Waals surface area contributed by atoms with Crippen molar-refractivity contribution in [3.05, 3.63) is 447 Å². The van der Waals surface area contributed by atoms with E-state index in [1.807, 2.05) is 102 Å². The minimum Gasteiger partial charge on any atom is -0.458 e. The molecule has 0 amide bonds. The van der Waals surface area contributed by atoms with Crippen LogP contribution in [0.3, 0.4) is 0 Å². The summed E-state index contributed by atoms with van der Waals surface area (Å²) in [4.78, 5) is 2.42. The highest BCUT2D eigenvalue weighted by molar-refractivity contribution is 7.25. The van der Waals surface area contributed by atoms with Gasteiger partial charge in [-0.1, -0.05) is 324 Å². The van der Waals surface area contributed by atoms with Gasteiger partial charge in [-0.2, -0.15) is 0 Å². The average Bonchev–Trinajstić information content (AvgIpc) is 0.934. The molecular weight excluding hydrogens is 1810 g/mol. The molecule has 0 fully saturated rings. The van der Waals surface area contributed by atoms with E-state index in [0.29, 0.717) is 0 Å². The first kappa shape index (κ1) is 94.1. The van der Waals surface area contributed by atoms with E-state index in [2.05, 4.69) is 410 Å². The fourth-order valence-corrected chi connectivity index (χ4v) is 26.7. The van der Waals surface area contributed by atoms with Crippen LogP contribution in [0.25, 0.3) is 20.2 Å². The van der Waals surface area contributed by atoms with Gasteiger partial charge in [0.25, 0.3) is 26.9 Å². The normalized spacial score (nSPS) is 14.6. The fraction of sp³-hybridized carbons (Fsp3) is 0.194. The Morgan fingerprint density at radius 3 is 1.05 bits per heavy atom. The van der Waals surface area contributed by atoms with Crippen LogP contribution in [0, 0.1) is 41.5 Å². The van der Waals surface area contributed by atoms with Gasteiger partial charge >= 0.3 is 0 Å². The molecule has 8 aliphatic rings. The summed E-state index contributed by atoms with van der Waals surface area (Å²) in [7, 11) is 0. The molecule has 0 bridgehead atoms. The maximum absolute atomic E-state index is 6.65. The number of thiophene rings is 1. The molecule has 720 valence electrons. The third-order valence-corrected chi connectivity index (χ3v) is 33.4. The van der Waals surface area contributed by atoms with Gasteiger partial charge in [-0.15, -0.1) is 11.3 Å². The quantitative estimate of drug-likeness (QED) is 0.132. The molecule has 9 heterocycles. The second-order valence-electron chi connectivity index (χ2n) is 45.6. The minimum absolute atomic E-state index is 0.00459. The van der Waals surface area contributed by atoms with E-state index in [1.165, 1.54) is 180 Å². The Labute approximate surface area is 871 Å².